The van der Waals surface area contributed by atoms with Crippen LogP contribution in [0.15, 0.2) is 18.5 Å². The highest BCUT2D eigenvalue weighted by atomic mass is 35.5. The zero-order valence-electron chi connectivity index (χ0n) is 9.40. The van der Waals surface area contributed by atoms with E-state index in [9.17, 15) is 4.79 Å². The zero-order chi connectivity index (χ0) is 12.2. The molecule has 0 bridgehead atoms. The van der Waals surface area contributed by atoms with Gasteiger partial charge < -0.3 is 4.74 Å². The largest absolute Gasteiger partial charge is 0.457 e. The maximum absolute atomic E-state index is 11.3. The number of carbonyl (C=O) groups excluding carboxylic acids is 1. The Kier molecular flexibility index (Phi) is 4.01. The van der Waals surface area contributed by atoms with Crippen LogP contribution < -0.4 is 0 Å². The van der Waals surface area contributed by atoms with Crippen LogP contribution in [0.3, 0.4) is 0 Å². The Labute approximate surface area is 99.3 Å². The first-order chi connectivity index (χ1) is 7.37. The maximum atomic E-state index is 11.3. The molecule has 0 fully saturated rings. The fraction of sp³-hybridized carbons (Fsp3) is 0.364. The summed E-state index contributed by atoms with van der Waals surface area (Å²) in [7, 11) is 0. The van der Waals surface area contributed by atoms with Crippen LogP contribution >= 0.6 is 11.6 Å². The van der Waals surface area contributed by atoms with E-state index < -0.39 is 11.6 Å². The van der Waals surface area contributed by atoms with E-state index >= 15 is 0 Å². The Balaban J connectivity index is 2.60. The van der Waals surface area contributed by atoms with Crippen molar-refractivity contribution >= 4 is 23.6 Å². The monoisotopic (exact) mass is 240 g/mol. The van der Waals surface area contributed by atoms with Crippen LogP contribution in [-0.2, 0) is 9.53 Å². The fourth-order valence-electron chi connectivity index (χ4n) is 0.908. The zero-order valence-corrected chi connectivity index (χ0v) is 10.2. The predicted octanol–water partition coefficient (Wildman–Crippen LogP) is 2.48. The number of esters is 1. The van der Waals surface area contributed by atoms with Gasteiger partial charge in [0.1, 0.15) is 5.60 Å². The minimum absolute atomic E-state index is 0.175. The molecule has 0 N–H and O–H groups in total. The normalized spacial score (nSPS) is 11.8. The molecule has 0 saturated heterocycles. The van der Waals surface area contributed by atoms with Crippen LogP contribution in [-0.4, -0.2) is 21.5 Å². The summed E-state index contributed by atoms with van der Waals surface area (Å²) >= 11 is 5.52. The average molecular weight is 241 g/mol. The first kappa shape index (κ1) is 12.6. The summed E-state index contributed by atoms with van der Waals surface area (Å²) in [4.78, 5) is 18.9. The molecular formula is C11H13ClN2O2. The van der Waals surface area contributed by atoms with Gasteiger partial charge in [-0.1, -0.05) is 0 Å². The van der Waals surface area contributed by atoms with Crippen LogP contribution in [0.1, 0.15) is 26.3 Å². The summed E-state index contributed by atoms with van der Waals surface area (Å²) < 4.78 is 5.09. The molecule has 0 spiro atoms. The predicted molar refractivity (Wildman–Crippen MR) is 61.9 cm³/mol. The lowest BCUT2D eigenvalue weighted by Gasteiger charge is -2.17. The van der Waals surface area contributed by atoms with E-state index in [1.165, 1.54) is 18.5 Å². The molecule has 0 aliphatic carbocycles. The highest BCUT2D eigenvalue weighted by molar-refractivity contribution is 6.28. The van der Waals surface area contributed by atoms with Gasteiger partial charge in [-0.15, -0.1) is 0 Å². The summed E-state index contributed by atoms with van der Waals surface area (Å²) in [5.41, 5.74) is 0.202. The van der Waals surface area contributed by atoms with Crippen molar-refractivity contribution in [3.8, 4) is 0 Å². The lowest BCUT2D eigenvalue weighted by molar-refractivity contribution is -0.148. The molecule has 0 aliphatic heterocycles. The second-order valence-electron chi connectivity index (χ2n) is 4.15. The van der Waals surface area contributed by atoms with Crippen molar-refractivity contribution in [2.24, 2.45) is 0 Å². The quantitative estimate of drug-likeness (QED) is 0.453. The summed E-state index contributed by atoms with van der Waals surface area (Å²) in [6.07, 6.45) is 5.95. The molecule has 5 heteroatoms. The minimum atomic E-state index is -0.488. The maximum Gasteiger partial charge on any atom is 0.331 e. The third-order valence-electron chi connectivity index (χ3n) is 1.46. The topological polar surface area (TPSA) is 52.1 Å². The highest BCUT2D eigenvalue weighted by Crippen LogP contribution is 2.08. The Morgan fingerprint density at radius 2 is 1.94 bits per heavy atom. The fourth-order valence-corrected chi connectivity index (χ4v) is 1.01. The van der Waals surface area contributed by atoms with Crippen LogP contribution in [0, 0.1) is 0 Å². The van der Waals surface area contributed by atoms with E-state index in [0.29, 0.717) is 5.56 Å². The second-order valence-corrected chi connectivity index (χ2v) is 4.49. The van der Waals surface area contributed by atoms with Crippen molar-refractivity contribution < 1.29 is 9.53 Å². The van der Waals surface area contributed by atoms with Gasteiger partial charge in [-0.2, -0.15) is 0 Å². The van der Waals surface area contributed by atoms with Gasteiger partial charge in [-0.25, -0.2) is 14.8 Å². The molecule has 1 aromatic rings. The molecule has 0 radical (unpaired) electrons. The summed E-state index contributed by atoms with van der Waals surface area (Å²) in [6.45, 7) is 5.43. The summed E-state index contributed by atoms with van der Waals surface area (Å²) in [5, 5.41) is 0.175. The average Bonchev–Trinajstić information content (AvgIpc) is 2.14. The van der Waals surface area contributed by atoms with Crippen molar-refractivity contribution in [1.29, 1.82) is 0 Å². The number of carbonyl (C=O) groups is 1. The van der Waals surface area contributed by atoms with Crippen LogP contribution in [0.4, 0.5) is 0 Å². The van der Waals surface area contributed by atoms with E-state index in [0.717, 1.165) is 0 Å². The molecule has 1 rings (SSSR count). The molecule has 0 atom stereocenters. The van der Waals surface area contributed by atoms with E-state index in [2.05, 4.69) is 9.97 Å². The van der Waals surface area contributed by atoms with Gasteiger partial charge in [-0.05, 0) is 38.4 Å². The van der Waals surface area contributed by atoms with Crippen molar-refractivity contribution in [3.05, 3.63) is 29.3 Å². The van der Waals surface area contributed by atoms with Gasteiger partial charge in [0.25, 0.3) is 0 Å². The first-order valence-corrected chi connectivity index (χ1v) is 5.13. The van der Waals surface area contributed by atoms with Gasteiger partial charge in [0.2, 0.25) is 5.28 Å². The number of ether oxygens (including phenoxy) is 1. The standard InChI is InChI=1S/C11H13ClN2O2/c1-11(2,3)16-9(15)5-4-8-6-13-10(12)14-7-8/h4-7H,1-3H3/b5-4+. The Hall–Kier alpha value is -1.42. The molecule has 4 nitrogen and oxygen atoms in total. The number of rotatable bonds is 2. The molecule has 16 heavy (non-hydrogen) atoms. The molecule has 0 aliphatic rings. The lowest BCUT2D eigenvalue weighted by Crippen LogP contribution is -2.22. The van der Waals surface area contributed by atoms with Gasteiger partial charge in [-0.3, -0.25) is 0 Å². The number of halogens is 1. The number of aromatic nitrogens is 2. The highest BCUT2D eigenvalue weighted by Gasteiger charge is 2.13. The smallest absolute Gasteiger partial charge is 0.331 e. The lowest BCUT2D eigenvalue weighted by atomic mass is 10.2. The van der Waals surface area contributed by atoms with Crippen LogP contribution in [0.5, 0.6) is 0 Å². The molecule has 0 amide bonds. The molecule has 0 aromatic carbocycles. The van der Waals surface area contributed by atoms with E-state index in [-0.39, 0.29) is 5.28 Å². The van der Waals surface area contributed by atoms with Gasteiger partial charge in [0.15, 0.2) is 0 Å². The van der Waals surface area contributed by atoms with Crippen molar-refractivity contribution in [2.45, 2.75) is 26.4 Å². The minimum Gasteiger partial charge on any atom is -0.457 e. The van der Waals surface area contributed by atoms with Crippen LogP contribution in [0.2, 0.25) is 5.28 Å². The summed E-state index contributed by atoms with van der Waals surface area (Å²) in [6, 6.07) is 0. The second kappa shape index (κ2) is 5.07. The Morgan fingerprint density at radius 1 is 1.38 bits per heavy atom. The SMILES string of the molecule is CC(C)(C)OC(=O)/C=C/c1cnc(Cl)nc1. The summed E-state index contributed by atoms with van der Waals surface area (Å²) in [5.74, 6) is -0.401. The van der Waals surface area contributed by atoms with E-state index in [1.54, 1.807) is 6.08 Å². The van der Waals surface area contributed by atoms with E-state index in [4.69, 9.17) is 16.3 Å². The van der Waals surface area contributed by atoms with E-state index in [1.807, 2.05) is 20.8 Å². The van der Waals surface area contributed by atoms with Crippen molar-refractivity contribution in [3.63, 3.8) is 0 Å². The number of hydrogen-bond donors (Lipinski definition) is 0. The molecule has 0 saturated carbocycles. The first-order valence-electron chi connectivity index (χ1n) is 4.75. The Bertz CT molecular complexity index is 393. The van der Waals surface area contributed by atoms with Crippen molar-refractivity contribution in [1.82, 2.24) is 9.97 Å². The molecular weight excluding hydrogens is 228 g/mol. The third-order valence-corrected chi connectivity index (χ3v) is 1.65. The molecule has 86 valence electrons. The van der Waals surface area contributed by atoms with Gasteiger partial charge >= 0.3 is 5.97 Å². The molecule has 0 unspecified atom stereocenters. The molecule has 1 aromatic heterocycles. The van der Waals surface area contributed by atoms with Gasteiger partial charge in [0.05, 0.1) is 0 Å². The Morgan fingerprint density at radius 3 is 2.44 bits per heavy atom. The molecule has 1 heterocycles. The van der Waals surface area contributed by atoms with Crippen LogP contribution in [0.25, 0.3) is 6.08 Å². The van der Waals surface area contributed by atoms with Gasteiger partial charge in [0, 0.05) is 24.0 Å². The third kappa shape index (κ3) is 4.89. The number of nitrogens with zero attached hydrogens (tertiary/aromatic N) is 2. The van der Waals surface area contributed by atoms with Crippen molar-refractivity contribution in [2.75, 3.05) is 0 Å². The number of hydrogen-bond acceptors (Lipinski definition) is 4.